The summed E-state index contributed by atoms with van der Waals surface area (Å²) >= 11 is 0. The van der Waals surface area contributed by atoms with E-state index in [1.54, 1.807) is 42.5 Å². The summed E-state index contributed by atoms with van der Waals surface area (Å²) in [6.07, 6.45) is 0.676. The largest absolute Gasteiger partial charge is 0.491 e. The van der Waals surface area contributed by atoms with Gasteiger partial charge >= 0.3 is 0 Å². The van der Waals surface area contributed by atoms with Crippen molar-refractivity contribution < 1.29 is 22.5 Å². The maximum absolute atomic E-state index is 12.9. The third kappa shape index (κ3) is 2.41. The predicted octanol–water partition coefficient (Wildman–Crippen LogP) is 4.09. The van der Waals surface area contributed by atoms with Gasteiger partial charge in [0.25, 0.3) is 10.1 Å². The van der Waals surface area contributed by atoms with E-state index in [2.05, 4.69) is 0 Å². The van der Waals surface area contributed by atoms with E-state index in [0.717, 1.165) is 0 Å². The lowest BCUT2D eigenvalue weighted by Gasteiger charge is -2.22. The summed E-state index contributed by atoms with van der Waals surface area (Å²) in [5, 5.41) is 1.15. The molecule has 0 saturated carbocycles. The van der Waals surface area contributed by atoms with Crippen molar-refractivity contribution in [2.24, 2.45) is 0 Å². The van der Waals surface area contributed by atoms with Crippen LogP contribution < -0.4 is 4.74 Å². The first kappa shape index (κ1) is 16.8. The molecule has 0 fully saturated rings. The summed E-state index contributed by atoms with van der Waals surface area (Å²) in [6.45, 7) is 2.20. The van der Waals surface area contributed by atoms with Crippen molar-refractivity contribution in [1.82, 2.24) is 0 Å². The highest BCUT2D eigenvalue weighted by Crippen LogP contribution is 2.45. The molecule has 1 N–H and O–H groups in total. The Kier molecular flexibility index (Phi) is 3.82. The third-order valence-corrected chi connectivity index (χ3v) is 5.37. The zero-order chi connectivity index (χ0) is 18.5. The summed E-state index contributed by atoms with van der Waals surface area (Å²) in [4.78, 5) is 12.6. The maximum Gasteiger partial charge on any atom is 0.298 e. The molecule has 0 bridgehead atoms. The van der Waals surface area contributed by atoms with E-state index in [1.165, 1.54) is 6.07 Å². The number of carbonyl (C=O) groups is 1. The van der Waals surface area contributed by atoms with Crippen LogP contribution in [0, 0.1) is 0 Å². The van der Waals surface area contributed by atoms with Crippen molar-refractivity contribution in [3.05, 3.63) is 59.7 Å². The molecule has 0 spiro atoms. The van der Waals surface area contributed by atoms with Crippen molar-refractivity contribution in [1.29, 1.82) is 0 Å². The van der Waals surface area contributed by atoms with Gasteiger partial charge in [0.05, 0.1) is 6.61 Å². The van der Waals surface area contributed by atoms with Crippen LogP contribution in [-0.4, -0.2) is 25.4 Å². The first-order chi connectivity index (χ1) is 12.4. The molecule has 4 rings (SSSR count). The Balaban J connectivity index is 2.19. The van der Waals surface area contributed by atoms with E-state index in [4.69, 9.17) is 4.74 Å². The highest BCUT2D eigenvalue weighted by Gasteiger charge is 2.30. The smallest absolute Gasteiger partial charge is 0.298 e. The first-order valence-corrected chi connectivity index (χ1v) is 9.71. The number of hydrogen-bond donors (Lipinski definition) is 1. The van der Waals surface area contributed by atoms with Crippen LogP contribution in [0.5, 0.6) is 5.75 Å². The molecule has 0 unspecified atom stereocenters. The monoisotopic (exact) mass is 368 g/mol. The fourth-order valence-electron chi connectivity index (χ4n) is 3.44. The molecule has 3 aromatic carbocycles. The summed E-state index contributed by atoms with van der Waals surface area (Å²) in [7, 11) is -4.50. The average Bonchev–Trinajstić information content (AvgIpc) is 2.63. The van der Waals surface area contributed by atoms with Gasteiger partial charge in [0.15, 0.2) is 5.78 Å². The first-order valence-electron chi connectivity index (χ1n) is 8.27. The second-order valence-corrected chi connectivity index (χ2v) is 7.57. The minimum atomic E-state index is -4.50. The zero-order valence-corrected chi connectivity index (χ0v) is 14.8. The number of rotatable bonds is 4. The average molecular weight is 368 g/mol. The SMILES string of the molecule is CCCOc1c(S(=O)(=O)O)cc2c3c(cccc13)C(=O)c1ccccc1-2. The maximum atomic E-state index is 12.9. The molecule has 26 heavy (non-hydrogen) atoms. The Hall–Kier alpha value is -2.70. The molecule has 0 amide bonds. The van der Waals surface area contributed by atoms with Gasteiger partial charge in [-0.15, -0.1) is 0 Å². The van der Waals surface area contributed by atoms with Crippen molar-refractivity contribution >= 4 is 26.7 Å². The number of ether oxygens (including phenoxy) is 1. The molecule has 0 radical (unpaired) electrons. The molecule has 0 heterocycles. The molecule has 5 nitrogen and oxygen atoms in total. The van der Waals surface area contributed by atoms with E-state index in [0.29, 0.717) is 46.1 Å². The fraction of sp³-hybridized carbons (Fsp3) is 0.150. The summed E-state index contributed by atoms with van der Waals surface area (Å²) in [5.74, 6) is -0.0260. The lowest BCUT2D eigenvalue weighted by atomic mass is 9.82. The quantitative estimate of drug-likeness (QED) is 0.549. The van der Waals surface area contributed by atoms with E-state index in [-0.39, 0.29) is 16.4 Å². The zero-order valence-electron chi connectivity index (χ0n) is 14.0. The van der Waals surface area contributed by atoms with Crippen molar-refractivity contribution in [3.63, 3.8) is 0 Å². The molecular formula is C20H16O5S. The van der Waals surface area contributed by atoms with Gasteiger partial charge in [0, 0.05) is 21.9 Å². The number of fused-ring (bicyclic) bond motifs is 2. The van der Waals surface area contributed by atoms with Crippen molar-refractivity contribution in [3.8, 4) is 16.9 Å². The standard InChI is InChI=1S/C20H16O5S/c1-2-10-25-20-15-9-5-8-14-18(15)16(11-17(20)26(22,23)24)12-6-3-4-7-13(12)19(14)21/h3-9,11H,2,10H2,1H3,(H,22,23,24). The van der Waals surface area contributed by atoms with E-state index < -0.39 is 10.1 Å². The topological polar surface area (TPSA) is 80.7 Å². The van der Waals surface area contributed by atoms with Crippen LogP contribution in [0.15, 0.2) is 53.4 Å². The van der Waals surface area contributed by atoms with Crippen LogP contribution >= 0.6 is 0 Å². The minimum Gasteiger partial charge on any atom is -0.491 e. The molecule has 132 valence electrons. The van der Waals surface area contributed by atoms with Crippen LogP contribution in [0.1, 0.15) is 29.3 Å². The highest BCUT2D eigenvalue weighted by atomic mass is 32.2. The van der Waals surface area contributed by atoms with Gasteiger partial charge < -0.3 is 4.74 Å². The molecule has 6 heteroatoms. The van der Waals surface area contributed by atoms with Crippen LogP contribution in [-0.2, 0) is 10.1 Å². The Morgan fingerprint density at radius 1 is 0.962 bits per heavy atom. The van der Waals surface area contributed by atoms with E-state index in [9.17, 15) is 17.8 Å². The van der Waals surface area contributed by atoms with Gasteiger partial charge in [0.2, 0.25) is 0 Å². The molecule has 0 aromatic heterocycles. The van der Waals surface area contributed by atoms with Gasteiger partial charge in [-0.25, -0.2) is 0 Å². The van der Waals surface area contributed by atoms with Gasteiger partial charge in [0.1, 0.15) is 10.6 Å². The summed E-state index contributed by atoms with van der Waals surface area (Å²) in [5.41, 5.74) is 2.26. The predicted molar refractivity (Wildman–Crippen MR) is 98.4 cm³/mol. The second-order valence-electron chi connectivity index (χ2n) is 6.18. The molecular weight excluding hydrogens is 352 g/mol. The Morgan fingerprint density at radius 2 is 1.65 bits per heavy atom. The fourth-order valence-corrected chi connectivity index (χ4v) is 4.11. The van der Waals surface area contributed by atoms with Gasteiger partial charge in [-0.1, -0.05) is 49.4 Å². The number of carbonyl (C=O) groups excluding carboxylic acids is 1. The van der Waals surface area contributed by atoms with Crippen LogP contribution in [0.25, 0.3) is 21.9 Å². The Labute approximate surface area is 151 Å². The third-order valence-electron chi connectivity index (χ3n) is 4.51. The van der Waals surface area contributed by atoms with Gasteiger partial charge in [-0.05, 0) is 23.6 Å². The van der Waals surface area contributed by atoms with E-state index in [1.807, 2.05) is 6.92 Å². The van der Waals surface area contributed by atoms with Crippen LogP contribution in [0.4, 0.5) is 0 Å². The molecule has 0 aliphatic heterocycles. The Bertz CT molecular complexity index is 1160. The number of benzene rings is 3. The molecule has 3 aromatic rings. The molecule has 0 atom stereocenters. The van der Waals surface area contributed by atoms with Crippen molar-refractivity contribution in [2.45, 2.75) is 18.2 Å². The molecule has 1 aliphatic rings. The number of hydrogen-bond acceptors (Lipinski definition) is 4. The second kappa shape index (κ2) is 5.93. The van der Waals surface area contributed by atoms with Gasteiger partial charge in [-0.3, -0.25) is 9.35 Å². The minimum absolute atomic E-state index is 0.0853. The highest BCUT2D eigenvalue weighted by molar-refractivity contribution is 7.86. The van der Waals surface area contributed by atoms with E-state index >= 15 is 0 Å². The Morgan fingerprint density at radius 3 is 2.35 bits per heavy atom. The molecule has 1 aliphatic carbocycles. The summed E-state index contributed by atoms with van der Waals surface area (Å²) in [6, 6.07) is 13.6. The van der Waals surface area contributed by atoms with Crippen LogP contribution in [0.3, 0.4) is 0 Å². The normalized spacial score (nSPS) is 12.9. The lowest BCUT2D eigenvalue weighted by molar-refractivity contribution is 0.104. The lowest BCUT2D eigenvalue weighted by Crippen LogP contribution is -2.12. The van der Waals surface area contributed by atoms with Gasteiger partial charge in [-0.2, -0.15) is 8.42 Å². The van der Waals surface area contributed by atoms with Crippen molar-refractivity contribution in [2.75, 3.05) is 6.61 Å². The number of ketones is 1. The summed E-state index contributed by atoms with van der Waals surface area (Å²) < 4.78 is 39.5. The van der Waals surface area contributed by atoms with Crippen LogP contribution in [0.2, 0.25) is 0 Å². The molecule has 0 saturated heterocycles.